The van der Waals surface area contributed by atoms with Crippen molar-refractivity contribution in [2.24, 2.45) is 0 Å². The molecule has 1 aromatic heterocycles. The molecule has 0 unspecified atom stereocenters. The van der Waals surface area contributed by atoms with E-state index in [0.29, 0.717) is 6.61 Å². The van der Waals surface area contributed by atoms with E-state index in [9.17, 15) is 0 Å². The Labute approximate surface area is 127 Å². The first kappa shape index (κ1) is 15.1. The largest absolute Gasteiger partial charge is 0.484 e. The minimum Gasteiger partial charge on any atom is -0.484 e. The summed E-state index contributed by atoms with van der Waals surface area (Å²) in [5, 5.41) is 7.24. The summed E-state index contributed by atoms with van der Waals surface area (Å²) < 4.78 is 12.0. The molecule has 1 aromatic carbocycles. The minimum atomic E-state index is 0.379. The molecule has 0 fully saturated rings. The summed E-state index contributed by atoms with van der Waals surface area (Å²) in [6, 6.07) is 7.93. The van der Waals surface area contributed by atoms with Crippen molar-refractivity contribution in [3.8, 4) is 5.75 Å². The summed E-state index contributed by atoms with van der Waals surface area (Å²) in [5.41, 5.74) is 1.99. The lowest BCUT2D eigenvalue weighted by Crippen LogP contribution is -2.14. The summed E-state index contributed by atoms with van der Waals surface area (Å²) in [4.78, 5) is 0. The highest BCUT2D eigenvalue weighted by atomic mass is 79.9. The van der Waals surface area contributed by atoms with Gasteiger partial charge in [0.2, 0.25) is 0 Å². The maximum atomic E-state index is 5.88. The maximum Gasteiger partial charge on any atom is 0.174 e. The van der Waals surface area contributed by atoms with Crippen molar-refractivity contribution in [2.45, 2.75) is 33.4 Å². The van der Waals surface area contributed by atoms with E-state index in [1.165, 1.54) is 0 Å². The van der Waals surface area contributed by atoms with Gasteiger partial charge in [-0.15, -0.1) is 0 Å². The molecular weight excluding hydrogens is 320 g/mol. The predicted octanol–water partition coefficient (Wildman–Crippen LogP) is 3.82. The first-order valence-corrected chi connectivity index (χ1v) is 7.53. The number of rotatable bonds is 7. The van der Waals surface area contributed by atoms with E-state index in [0.717, 1.165) is 46.8 Å². The molecule has 0 spiro atoms. The Balaban J connectivity index is 2.04. The maximum absolute atomic E-state index is 5.88. The zero-order valence-electron chi connectivity index (χ0n) is 11.8. The lowest BCUT2D eigenvalue weighted by molar-refractivity contribution is 0.245. The molecule has 0 bridgehead atoms. The van der Waals surface area contributed by atoms with Crippen LogP contribution in [0.2, 0.25) is 0 Å². The number of nitrogens with zero attached hydrogens (tertiary/aromatic N) is 1. The molecule has 108 valence electrons. The van der Waals surface area contributed by atoms with Crippen molar-refractivity contribution in [3.63, 3.8) is 0 Å². The van der Waals surface area contributed by atoms with Gasteiger partial charge < -0.3 is 14.6 Å². The quantitative estimate of drug-likeness (QED) is 0.779. The molecule has 0 aliphatic rings. The zero-order chi connectivity index (χ0) is 14.4. The summed E-state index contributed by atoms with van der Waals surface area (Å²) in [7, 11) is 0. The van der Waals surface area contributed by atoms with Gasteiger partial charge in [0.05, 0.1) is 10.2 Å². The molecule has 1 N–H and O–H groups in total. The molecule has 0 atom stereocenters. The highest BCUT2D eigenvalue weighted by molar-refractivity contribution is 9.10. The van der Waals surface area contributed by atoms with Gasteiger partial charge in [0.1, 0.15) is 12.4 Å². The Bertz CT molecular complexity index is 555. The molecule has 0 radical (unpaired) electrons. The van der Waals surface area contributed by atoms with Crippen LogP contribution in [0.3, 0.4) is 0 Å². The lowest BCUT2D eigenvalue weighted by atomic mass is 10.2. The van der Waals surface area contributed by atoms with Crippen molar-refractivity contribution < 1.29 is 9.26 Å². The average molecular weight is 339 g/mol. The van der Waals surface area contributed by atoms with Crippen LogP contribution in [0.15, 0.2) is 33.3 Å². The number of aromatic nitrogens is 1. The molecule has 20 heavy (non-hydrogen) atoms. The third-order valence-electron chi connectivity index (χ3n) is 2.83. The van der Waals surface area contributed by atoms with Crippen LogP contribution in [0, 0.1) is 6.92 Å². The number of benzene rings is 1. The van der Waals surface area contributed by atoms with E-state index in [1.54, 1.807) is 0 Å². The SMILES string of the molecule is CCCNCc1cccc(Br)c1OCc1cc(C)no1. The summed E-state index contributed by atoms with van der Waals surface area (Å²) in [6.45, 7) is 6.21. The van der Waals surface area contributed by atoms with E-state index < -0.39 is 0 Å². The van der Waals surface area contributed by atoms with Crippen molar-refractivity contribution in [2.75, 3.05) is 6.54 Å². The van der Waals surface area contributed by atoms with Crippen LogP contribution in [0.25, 0.3) is 0 Å². The van der Waals surface area contributed by atoms with Gasteiger partial charge in [-0.3, -0.25) is 0 Å². The van der Waals surface area contributed by atoms with E-state index in [2.05, 4.69) is 39.4 Å². The zero-order valence-corrected chi connectivity index (χ0v) is 13.4. The third kappa shape index (κ3) is 4.08. The number of aryl methyl sites for hydroxylation is 1. The van der Waals surface area contributed by atoms with Gasteiger partial charge in [-0.05, 0) is 41.9 Å². The first-order valence-electron chi connectivity index (χ1n) is 6.73. The van der Waals surface area contributed by atoms with Gasteiger partial charge in [-0.2, -0.15) is 0 Å². The fraction of sp³-hybridized carbons (Fsp3) is 0.400. The van der Waals surface area contributed by atoms with Gasteiger partial charge in [-0.25, -0.2) is 0 Å². The van der Waals surface area contributed by atoms with Crippen molar-refractivity contribution in [1.82, 2.24) is 10.5 Å². The van der Waals surface area contributed by atoms with Crippen molar-refractivity contribution >= 4 is 15.9 Å². The summed E-state index contributed by atoms with van der Waals surface area (Å²) in [6.07, 6.45) is 1.11. The number of halogens is 1. The third-order valence-corrected chi connectivity index (χ3v) is 3.45. The van der Waals surface area contributed by atoms with E-state index in [1.807, 2.05) is 25.1 Å². The van der Waals surface area contributed by atoms with Gasteiger partial charge >= 0.3 is 0 Å². The van der Waals surface area contributed by atoms with Crippen LogP contribution in [0.4, 0.5) is 0 Å². The number of hydrogen-bond donors (Lipinski definition) is 1. The first-order chi connectivity index (χ1) is 9.70. The molecule has 4 nitrogen and oxygen atoms in total. The molecule has 1 heterocycles. The summed E-state index contributed by atoms with van der Waals surface area (Å²) >= 11 is 3.54. The molecule has 2 rings (SSSR count). The van der Waals surface area contributed by atoms with Crippen LogP contribution in [-0.2, 0) is 13.2 Å². The second-order valence-electron chi connectivity index (χ2n) is 4.63. The fourth-order valence-corrected chi connectivity index (χ4v) is 2.40. The molecule has 0 aliphatic heterocycles. The van der Waals surface area contributed by atoms with Gasteiger partial charge in [0, 0.05) is 18.2 Å². The number of nitrogens with one attached hydrogen (secondary N) is 1. The van der Waals surface area contributed by atoms with Gasteiger partial charge in [0.15, 0.2) is 5.76 Å². The molecule has 0 saturated carbocycles. The van der Waals surface area contributed by atoms with Crippen LogP contribution >= 0.6 is 15.9 Å². The van der Waals surface area contributed by atoms with Crippen molar-refractivity contribution in [1.29, 1.82) is 0 Å². The number of para-hydroxylation sites is 1. The standard InChI is InChI=1S/C15H19BrN2O2/c1-3-7-17-9-12-5-4-6-14(16)15(12)19-10-13-8-11(2)18-20-13/h4-6,8,17H,3,7,9-10H2,1-2H3. The van der Waals surface area contributed by atoms with Gasteiger partial charge in [0.25, 0.3) is 0 Å². The number of ether oxygens (including phenoxy) is 1. The molecule has 0 saturated heterocycles. The molecule has 0 amide bonds. The minimum absolute atomic E-state index is 0.379. The number of hydrogen-bond acceptors (Lipinski definition) is 4. The lowest BCUT2D eigenvalue weighted by Gasteiger charge is -2.12. The highest BCUT2D eigenvalue weighted by Crippen LogP contribution is 2.29. The molecule has 0 aliphatic carbocycles. The topological polar surface area (TPSA) is 47.3 Å². The van der Waals surface area contributed by atoms with Crippen LogP contribution in [0.5, 0.6) is 5.75 Å². The van der Waals surface area contributed by atoms with Crippen LogP contribution in [-0.4, -0.2) is 11.7 Å². The second-order valence-corrected chi connectivity index (χ2v) is 5.48. The van der Waals surface area contributed by atoms with E-state index in [-0.39, 0.29) is 0 Å². The Morgan fingerprint density at radius 1 is 1.40 bits per heavy atom. The van der Waals surface area contributed by atoms with E-state index >= 15 is 0 Å². The summed E-state index contributed by atoms with van der Waals surface area (Å²) in [5.74, 6) is 1.58. The fourth-order valence-electron chi connectivity index (χ4n) is 1.88. The average Bonchev–Trinajstić information content (AvgIpc) is 2.84. The Hall–Kier alpha value is -1.33. The Morgan fingerprint density at radius 2 is 2.25 bits per heavy atom. The Morgan fingerprint density at radius 3 is 2.95 bits per heavy atom. The monoisotopic (exact) mass is 338 g/mol. The van der Waals surface area contributed by atoms with Crippen LogP contribution < -0.4 is 10.1 Å². The van der Waals surface area contributed by atoms with Crippen molar-refractivity contribution in [3.05, 3.63) is 45.8 Å². The molecule has 2 aromatic rings. The van der Waals surface area contributed by atoms with E-state index in [4.69, 9.17) is 9.26 Å². The predicted molar refractivity (Wildman–Crippen MR) is 81.7 cm³/mol. The van der Waals surface area contributed by atoms with Crippen LogP contribution in [0.1, 0.15) is 30.4 Å². The molecule has 5 heteroatoms. The smallest absolute Gasteiger partial charge is 0.174 e. The second kappa shape index (κ2) is 7.45. The Kier molecular flexibility index (Phi) is 5.61. The highest BCUT2D eigenvalue weighted by Gasteiger charge is 2.09. The molecular formula is C15H19BrN2O2. The van der Waals surface area contributed by atoms with Gasteiger partial charge in [-0.1, -0.05) is 24.2 Å². The normalized spacial score (nSPS) is 10.8.